The van der Waals surface area contributed by atoms with Crippen LogP contribution in [0.2, 0.25) is 0 Å². The second-order valence-electron chi connectivity index (χ2n) is 5.39. The predicted molar refractivity (Wildman–Crippen MR) is 76.3 cm³/mol. The van der Waals surface area contributed by atoms with Crippen LogP contribution in [0, 0.1) is 5.82 Å². The van der Waals surface area contributed by atoms with E-state index in [1.807, 2.05) is 0 Å². The van der Waals surface area contributed by atoms with Gasteiger partial charge in [0.15, 0.2) is 11.6 Å². The number of hydrogen-bond donors (Lipinski definition) is 2. The fourth-order valence-corrected chi connectivity index (χ4v) is 2.32. The van der Waals surface area contributed by atoms with Crippen molar-refractivity contribution >= 4 is 5.82 Å². The number of aromatic nitrogens is 3. The second-order valence-corrected chi connectivity index (χ2v) is 5.39. The molecule has 0 aromatic carbocycles. The van der Waals surface area contributed by atoms with E-state index >= 15 is 0 Å². The molecule has 2 aromatic heterocycles. The van der Waals surface area contributed by atoms with E-state index in [9.17, 15) is 17.6 Å². The van der Waals surface area contributed by atoms with Crippen LogP contribution < -0.4 is 16.0 Å². The summed E-state index contributed by atoms with van der Waals surface area (Å²) < 4.78 is 58.2. The lowest BCUT2D eigenvalue weighted by molar-refractivity contribution is -0.275. The molecule has 0 bridgehead atoms. The Morgan fingerprint density at radius 2 is 1.88 bits per heavy atom. The first-order chi connectivity index (χ1) is 11.3. The molecule has 128 valence electrons. The summed E-state index contributed by atoms with van der Waals surface area (Å²) in [4.78, 5) is 11.6. The van der Waals surface area contributed by atoms with Gasteiger partial charge in [0, 0.05) is 11.8 Å². The lowest BCUT2D eigenvalue weighted by Crippen LogP contribution is -2.55. The van der Waals surface area contributed by atoms with Gasteiger partial charge in [-0.2, -0.15) is 13.2 Å². The van der Waals surface area contributed by atoms with E-state index in [2.05, 4.69) is 20.4 Å². The molecule has 1 saturated carbocycles. The second kappa shape index (κ2) is 5.86. The van der Waals surface area contributed by atoms with Gasteiger partial charge < -0.3 is 10.2 Å². The molecule has 0 unspecified atom stereocenters. The summed E-state index contributed by atoms with van der Waals surface area (Å²) in [5, 5.41) is 0. The maximum absolute atomic E-state index is 14.1. The molecule has 0 spiro atoms. The number of pyridine rings is 1. The number of rotatable bonds is 4. The quantitative estimate of drug-likeness (QED) is 0.504. The third-order valence-corrected chi connectivity index (χ3v) is 3.87. The summed E-state index contributed by atoms with van der Waals surface area (Å²) in [5.41, 5.74) is 0.486. The highest BCUT2D eigenvalue weighted by atomic mass is 19.4. The van der Waals surface area contributed by atoms with Crippen molar-refractivity contribution in [1.29, 1.82) is 0 Å². The van der Waals surface area contributed by atoms with Gasteiger partial charge in [-0.1, -0.05) is 0 Å². The standard InChI is InChI=1S/C14H13F4N5O/c15-9-4-8(10-6-21-11(23-19)7-20-10)5-22-12(9)24-13(2-1-3-13)14(16,17)18/h4-7H,1-3,19H2,(H,21,23). The van der Waals surface area contributed by atoms with Gasteiger partial charge in [0.1, 0.15) is 0 Å². The van der Waals surface area contributed by atoms with Crippen LogP contribution in [-0.2, 0) is 0 Å². The highest BCUT2D eigenvalue weighted by molar-refractivity contribution is 5.58. The molecule has 1 fully saturated rings. The van der Waals surface area contributed by atoms with Crippen molar-refractivity contribution in [3.05, 3.63) is 30.5 Å². The lowest BCUT2D eigenvalue weighted by Gasteiger charge is -2.42. The third kappa shape index (κ3) is 2.84. The van der Waals surface area contributed by atoms with Gasteiger partial charge in [-0.3, -0.25) is 4.98 Å². The topological polar surface area (TPSA) is 86.0 Å². The molecule has 24 heavy (non-hydrogen) atoms. The van der Waals surface area contributed by atoms with Gasteiger partial charge in [-0.25, -0.2) is 20.2 Å². The Labute approximate surface area is 134 Å². The summed E-state index contributed by atoms with van der Waals surface area (Å²) in [6, 6.07) is 1.00. The van der Waals surface area contributed by atoms with Gasteiger partial charge in [0.25, 0.3) is 5.88 Å². The van der Waals surface area contributed by atoms with E-state index in [4.69, 9.17) is 10.6 Å². The summed E-state index contributed by atoms with van der Waals surface area (Å²) in [6.07, 6.45) is -0.789. The maximum Gasteiger partial charge on any atom is 0.428 e. The van der Waals surface area contributed by atoms with Crippen LogP contribution in [0.15, 0.2) is 24.7 Å². The molecule has 6 nitrogen and oxygen atoms in total. The monoisotopic (exact) mass is 343 g/mol. The zero-order valence-corrected chi connectivity index (χ0v) is 12.3. The zero-order chi connectivity index (χ0) is 17.4. The minimum atomic E-state index is -4.57. The number of anilines is 1. The Kier molecular flexibility index (Phi) is 3.99. The summed E-state index contributed by atoms with van der Waals surface area (Å²) in [5.74, 6) is 3.80. The number of nitrogens with one attached hydrogen (secondary N) is 1. The van der Waals surface area contributed by atoms with Gasteiger partial charge >= 0.3 is 6.18 Å². The van der Waals surface area contributed by atoms with Crippen molar-refractivity contribution in [2.24, 2.45) is 5.84 Å². The van der Waals surface area contributed by atoms with Gasteiger partial charge in [-0.15, -0.1) is 0 Å². The number of hydrogen-bond acceptors (Lipinski definition) is 6. The lowest BCUT2D eigenvalue weighted by atomic mass is 9.79. The number of nitrogen functional groups attached to an aromatic ring is 1. The van der Waals surface area contributed by atoms with Crippen LogP contribution >= 0.6 is 0 Å². The largest absolute Gasteiger partial charge is 0.459 e. The number of nitrogens with two attached hydrogens (primary N) is 1. The number of alkyl halides is 3. The number of hydrazine groups is 1. The summed E-state index contributed by atoms with van der Waals surface area (Å²) in [7, 11) is 0. The molecule has 1 aliphatic carbocycles. The van der Waals surface area contributed by atoms with Crippen molar-refractivity contribution in [2.45, 2.75) is 31.0 Å². The van der Waals surface area contributed by atoms with Crippen molar-refractivity contribution in [3.8, 4) is 17.1 Å². The maximum atomic E-state index is 14.1. The van der Waals surface area contributed by atoms with E-state index in [1.54, 1.807) is 0 Å². The van der Waals surface area contributed by atoms with Crippen LogP contribution in [0.1, 0.15) is 19.3 Å². The average molecular weight is 343 g/mol. The van der Waals surface area contributed by atoms with Crippen LogP contribution in [0.3, 0.4) is 0 Å². The molecule has 2 heterocycles. The molecule has 0 aliphatic heterocycles. The Morgan fingerprint density at radius 3 is 2.33 bits per heavy atom. The minimum Gasteiger partial charge on any atom is -0.459 e. The molecule has 10 heteroatoms. The van der Waals surface area contributed by atoms with Crippen molar-refractivity contribution in [1.82, 2.24) is 15.0 Å². The SMILES string of the molecule is NNc1cnc(-c2cnc(OC3(C(F)(F)F)CCC3)c(F)c2)cn1. The van der Waals surface area contributed by atoms with E-state index < -0.39 is 23.5 Å². The molecule has 0 atom stereocenters. The number of halogens is 4. The van der Waals surface area contributed by atoms with E-state index in [0.29, 0.717) is 17.9 Å². The van der Waals surface area contributed by atoms with Gasteiger partial charge in [0.2, 0.25) is 5.60 Å². The Balaban J connectivity index is 1.84. The van der Waals surface area contributed by atoms with Gasteiger partial charge in [-0.05, 0) is 25.3 Å². The fraction of sp³-hybridized carbons (Fsp3) is 0.357. The number of nitrogens with zero attached hydrogens (tertiary/aromatic N) is 3. The van der Waals surface area contributed by atoms with Crippen LogP contribution in [-0.4, -0.2) is 26.7 Å². The molecule has 1 aliphatic rings. The molecule has 3 rings (SSSR count). The highest BCUT2D eigenvalue weighted by Crippen LogP contribution is 2.48. The first-order valence-corrected chi connectivity index (χ1v) is 7.05. The van der Waals surface area contributed by atoms with Crippen molar-refractivity contribution in [2.75, 3.05) is 5.43 Å². The van der Waals surface area contributed by atoms with E-state index in [0.717, 1.165) is 6.07 Å². The first kappa shape index (κ1) is 16.4. The van der Waals surface area contributed by atoms with Crippen LogP contribution in [0.5, 0.6) is 5.88 Å². The Morgan fingerprint density at radius 1 is 1.12 bits per heavy atom. The van der Waals surface area contributed by atoms with Crippen molar-refractivity contribution < 1.29 is 22.3 Å². The average Bonchev–Trinajstić information content (AvgIpc) is 2.51. The molecular formula is C14H13F4N5O. The first-order valence-electron chi connectivity index (χ1n) is 7.05. The predicted octanol–water partition coefficient (Wildman–Crippen LogP) is 2.83. The Hall–Kier alpha value is -2.49. The molecule has 3 N–H and O–H groups in total. The zero-order valence-electron chi connectivity index (χ0n) is 12.3. The molecule has 2 aromatic rings. The van der Waals surface area contributed by atoms with Crippen LogP contribution in [0.25, 0.3) is 11.3 Å². The minimum absolute atomic E-state index is 0.210. The normalized spacial score (nSPS) is 16.4. The molecule has 0 radical (unpaired) electrons. The van der Waals surface area contributed by atoms with Gasteiger partial charge in [0.05, 0.1) is 18.1 Å². The number of ether oxygens (including phenoxy) is 1. The smallest absolute Gasteiger partial charge is 0.428 e. The van der Waals surface area contributed by atoms with Crippen molar-refractivity contribution in [3.63, 3.8) is 0 Å². The third-order valence-electron chi connectivity index (χ3n) is 3.87. The highest BCUT2D eigenvalue weighted by Gasteiger charge is 2.61. The fourth-order valence-electron chi connectivity index (χ4n) is 2.32. The molecular weight excluding hydrogens is 330 g/mol. The Bertz CT molecular complexity index is 731. The summed E-state index contributed by atoms with van der Waals surface area (Å²) in [6.45, 7) is 0. The summed E-state index contributed by atoms with van der Waals surface area (Å²) >= 11 is 0. The molecule has 0 saturated heterocycles. The van der Waals surface area contributed by atoms with E-state index in [-0.39, 0.29) is 18.4 Å². The van der Waals surface area contributed by atoms with E-state index in [1.165, 1.54) is 18.6 Å². The van der Waals surface area contributed by atoms with Crippen LogP contribution in [0.4, 0.5) is 23.4 Å². The molecule has 0 amide bonds.